The summed E-state index contributed by atoms with van der Waals surface area (Å²) in [6.45, 7) is 8.77. The summed E-state index contributed by atoms with van der Waals surface area (Å²) in [7, 11) is 0. The first-order chi connectivity index (χ1) is 16.8. The number of hydrogen-bond donors (Lipinski definition) is 0. The lowest BCUT2D eigenvalue weighted by Crippen LogP contribution is -2.52. The molecule has 0 N–H and O–H groups in total. The summed E-state index contributed by atoms with van der Waals surface area (Å²) in [5, 5.41) is 0. The van der Waals surface area contributed by atoms with E-state index < -0.39 is 11.9 Å². The van der Waals surface area contributed by atoms with E-state index >= 15 is 0 Å². The highest BCUT2D eigenvalue weighted by molar-refractivity contribution is 5.89. The molecule has 3 heterocycles. The molecule has 4 nitrogen and oxygen atoms in total. The van der Waals surface area contributed by atoms with Crippen molar-refractivity contribution in [2.24, 2.45) is 11.3 Å². The molecule has 4 atom stereocenters. The van der Waals surface area contributed by atoms with Gasteiger partial charge in [-0.25, -0.2) is 9.97 Å². The lowest BCUT2D eigenvalue weighted by atomic mass is 9.76. The Kier molecular flexibility index (Phi) is 4.61. The van der Waals surface area contributed by atoms with Crippen LogP contribution in [0.5, 0.6) is 0 Å². The van der Waals surface area contributed by atoms with Gasteiger partial charge in [0.05, 0.1) is 6.20 Å². The average molecular weight is 479 g/mol. The molecule has 7 heteroatoms. The Bertz CT molecular complexity index is 1320. The molecule has 1 aliphatic carbocycles. The molecular weight excluding hydrogens is 449 g/mol. The zero-order valence-electron chi connectivity index (χ0n) is 20.4. The van der Waals surface area contributed by atoms with Crippen molar-refractivity contribution in [2.75, 3.05) is 9.80 Å². The van der Waals surface area contributed by atoms with Crippen LogP contribution in [0, 0.1) is 18.3 Å². The Balaban J connectivity index is 1.70. The molecule has 3 aromatic rings. The summed E-state index contributed by atoms with van der Waals surface area (Å²) in [4.78, 5) is 12.9. The average Bonchev–Trinajstić information content (AvgIpc) is 3.34. The highest BCUT2D eigenvalue weighted by atomic mass is 19.4. The molecule has 0 bridgehead atoms. The van der Waals surface area contributed by atoms with E-state index in [1.165, 1.54) is 5.56 Å². The predicted octanol–water partition coefficient (Wildman–Crippen LogP) is 7.52. The van der Waals surface area contributed by atoms with Crippen LogP contribution < -0.4 is 9.80 Å². The maximum absolute atomic E-state index is 13.8. The highest BCUT2D eigenvalue weighted by Crippen LogP contribution is 2.81. The van der Waals surface area contributed by atoms with Gasteiger partial charge in [0, 0.05) is 22.2 Å². The van der Waals surface area contributed by atoms with E-state index in [0.29, 0.717) is 17.6 Å². The van der Waals surface area contributed by atoms with Crippen molar-refractivity contribution in [1.82, 2.24) is 9.97 Å². The minimum atomic E-state index is -4.57. The number of halogens is 3. The van der Waals surface area contributed by atoms with E-state index in [4.69, 9.17) is 0 Å². The SMILES string of the molecule is CCC1C2(CC)c3ccccc3N3c4nc(C(F)(F)F)cnc4N(c4ccccc4C)C3C12CC. The second-order valence-corrected chi connectivity index (χ2v) is 10.00. The van der Waals surface area contributed by atoms with Gasteiger partial charge in [-0.1, -0.05) is 63.6 Å². The maximum atomic E-state index is 13.8. The van der Waals surface area contributed by atoms with Gasteiger partial charge in [-0.05, 0) is 48.9 Å². The van der Waals surface area contributed by atoms with Crippen LogP contribution in [0.15, 0.2) is 54.7 Å². The number of fused-ring (bicyclic) bond motifs is 8. The number of para-hydroxylation sites is 2. The molecule has 2 aromatic carbocycles. The molecule has 2 aliphatic heterocycles. The molecule has 0 radical (unpaired) electrons. The Morgan fingerprint density at radius 1 is 0.886 bits per heavy atom. The van der Waals surface area contributed by atoms with Crippen LogP contribution in [0.3, 0.4) is 0 Å². The van der Waals surface area contributed by atoms with Crippen molar-refractivity contribution in [3.8, 4) is 0 Å². The van der Waals surface area contributed by atoms with Crippen LogP contribution >= 0.6 is 0 Å². The van der Waals surface area contributed by atoms with Gasteiger partial charge in [0.25, 0.3) is 0 Å². The van der Waals surface area contributed by atoms with E-state index in [-0.39, 0.29) is 17.0 Å². The summed E-state index contributed by atoms with van der Waals surface area (Å²) in [5.74, 6) is 1.19. The van der Waals surface area contributed by atoms with Crippen molar-refractivity contribution in [1.29, 1.82) is 0 Å². The van der Waals surface area contributed by atoms with E-state index in [2.05, 4.69) is 52.7 Å². The fourth-order valence-electron chi connectivity index (χ4n) is 7.82. The number of hydrogen-bond acceptors (Lipinski definition) is 4. The van der Waals surface area contributed by atoms with Crippen molar-refractivity contribution in [3.05, 3.63) is 71.5 Å². The van der Waals surface area contributed by atoms with Gasteiger partial charge in [0.2, 0.25) is 0 Å². The van der Waals surface area contributed by atoms with E-state index in [1.807, 2.05) is 43.3 Å². The van der Waals surface area contributed by atoms with Gasteiger partial charge in [-0.3, -0.25) is 0 Å². The van der Waals surface area contributed by atoms with E-state index in [1.54, 1.807) is 0 Å². The Morgan fingerprint density at radius 3 is 2.17 bits per heavy atom. The van der Waals surface area contributed by atoms with Crippen LogP contribution in [0.4, 0.5) is 36.2 Å². The monoisotopic (exact) mass is 478 g/mol. The van der Waals surface area contributed by atoms with Crippen molar-refractivity contribution >= 4 is 23.0 Å². The molecule has 1 fully saturated rings. The summed E-state index contributed by atoms with van der Waals surface area (Å²) >= 11 is 0. The Hall–Kier alpha value is -3.09. The molecule has 1 aromatic heterocycles. The van der Waals surface area contributed by atoms with Gasteiger partial charge >= 0.3 is 6.18 Å². The summed E-state index contributed by atoms with van der Waals surface area (Å²) in [6.07, 6.45) is -0.988. The maximum Gasteiger partial charge on any atom is 0.434 e. The third-order valence-corrected chi connectivity index (χ3v) is 8.97. The third kappa shape index (κ3) is 2.54. The summed E-state index contributed by atoms with van der Waals surface area (Å²) in [5.41, 5.74) is 3.06. The number of alkyl halides is 3. The number of rotatable bonds is 4. The smallest absolute Gasteiger partial charge is 0.301 e. The number of anilines is 4. The first-order valence-electron chi connectivity index (χ1n) is 12.5. The van der Waals surface area contributed by atoms with Crippen LogP contribution in [-0.2, 0) is 11.6 Å². The predicted molar refractivity (Wildman–Crippen MR) is 131 cm³/mol. The second kappa shape index (κ2) is 7.21. The molecule has 3 aliphatic rings. The lowest BCUT2D eigenvalue weighted by molar-refractivity contribution is -0.141. The quantitative estimate of drug-likeness (QED) is 0.388. The Labute approximate surface area is 203 Å². The van der Waals surface area contributed by atoms with Crippen LogP contribution in [0.1, 0.15) is 56.9 Å². The van der Waals surface area contributed by atoms with Crippen LogP contribution in [0.2, 0.25) is 0 Å². The lowest BCUT2D eigenvalue weighted by Gasteiger charge is -2.46. The van der Waals surface area contributed by atoms with Crippen molar-refractivity contribution < 1.29 is 13.2 Å². The minimum absolute atomic E-state index is 0.0376. The number of nitrogens with zero attached hydrogens (tertiary/aromatic N) is 4. The normalized spacial score (nSPS) is 28.3. The Morgan fingerprint density at radius 2 is 1.54 bits per heavy atom. The molecule has 1 saturated carbocycles. The molecule has 0 saturated heterocycles. The molecule has 0 spiro atoms. The molecule has 35 heavy (non-hydrogen) atoms. The van der Waals surface area contributed by atoms with Crippen LogP contribution in [0.25, 0.3) is 0 Å². The molecule has 6 rings (SSSR count). The second-order valence-electron chi connectivity index (χ2n) is 10.00. The topological polar surface area (TPSA) is 32.3 Å². The first kappa shape index (κ1) is 22.4. The largest absolute Gasteiger partial charge is 0.434 e. The standard InChI is InChI=1S/C28H29F3N4/c1-5-21-26(6-2)18-13-9-11-15-20(18)35-24-23(32-16-22(33-24)28(29,30)31)34(25(35)27(21,26)7-3)19-14-10-8-12-17(19)4/h8-16,21,25H,5-7H2,1-4H3. The third-order valence-electron chi connectivity index (χ3n) is 8.97. The number of aryl methyl sites for hydroxylation is 1. The summed E-state index contributed by atoms with van der Waals surface area (Å²) in [6, 6.07) is 16.3. The van der Waals surface area contributed by atoms with E-state index in [9.17, 15) is 13.2 Å². The highest BCUT2D eigenvalue weighted by Gasteiger charge is 2.82. The number of benzene rings is 2. The zero-order valence-corrected chi connectivity index (χ0v) is 20.4. The molecule has 0 amide bonds. The van der Waals surface area contributed by atoms with Gasteiger partial charge in [0.15, 0.2) is 17.3 Å². The minimum Gasteiger partial charge on any atom is -0.301 e. The van der Waals surface area contributed by atoms with Gasteiger partial charge in [-0.15, -0.1) is 0 Å². The molecule has 182 valence electrons. The first-order valence-corrected chi connectivity index (χ1v) is 12.5. The van der Waals surface area contributed by atoms with E-state index in [0.717, 1.165) is 42.4 Å². The summed E-state index contributed by atoms with van der Waals surface area (Å²) < 4.78 is 41.4. The molecular formula is C28H29F3N4. The van der Waals surface area contributed by atoms with Gasteiger partial charge in [-0.2, -0.15) is 13.2 Å². The van der Waals surface area contributed by atoms with Gasteiger partial charge in [0.1, 0.15) is 6.17 Å². The molecule has 4 unspecified atom stereocenters. The zero-order chi connectivity index (χ0) is 24.8. The van der Waals surface area contributed by atoms with Crippen LogP contribution in [-0.4, -0.2) is 16.1 Å². The van der Waals surface area contributed by atoms with Gasteiger partial charge < -0.3 is 9.80 Å². The fraction of sp³-hybridized carbons (Fsp3) is 0.429. The fourth-order valence-corrected chi connectivity index (χ4v) is 7.82. The number of aromatic nitrogens is 2. The van der Waals surface area contributed by atoms with Crippen molar-refractivity contribution in [2.45, 2.75) is 64.7 Å². The van der Waals surface area contributed by atoms with Crippen molar-refractivity contribution in [3.63, 3.8) is 0 Å².